The zero-order chi connectivity index (χ0) is 23.8. The van der Waals surface area contributed by atoms with Crippen LogP contribution in [0.15, 0.2) is 55.3 Å². The van der Waals surface area contributed by atoms with Crippen LogP contribution < -0.4 is 21.1 Å². The van der Waals surface area contributed by atoms with Gasteiger partial charge in [-0.1, -0.05) is 18.7 Å². The lowest BCUT2D eigenvalue weighted by Gasteiger charge is -2.17. The molecule has 0 unspecified atom stereocenters. The molecule has 33 heavy (non-hydrogen) atoms. The number of hydrogen-bond donors (Lipinski definition) is 3. The minimum atomic E-state index is -4.94. The van der Waals surface area contributed by atoms with Crippen LogP contribution in [-0.4, -0.2) is 34.5 Å². The lowest BCUT2D eigenvalue weighted by Crippen LogP contribution is -2.31. The predicted molar refractivity (Wildman–Crippen MR) is 115 cm³/mol. The third-order valence-electron chi connectivity index (χ3n) is 4.98. The van der Waals surface area contributed by atoms with E-state index in [9.17, 15) is 22.8 Å². The van der Waals surface area contributed by atoms with Crippen molar-refractivity contribution in [2.75, 3.05) is 17.6 Å². The summed E-state index contributed by atoms with van der Waals surface area (Å²) in [5, 5.41) is 9.32. The highest BCUT2D eigenvalue weighted by atomic mass is 19.4. The Morgan fingerprint density at radius 3 is 2.76 bits per heavy atom. The quantitative estimate of drug-likeness (QED) is 0.509. The fourth-order valence-electron chi connectivity index (χ4n) is 3.49. The topological polar surface area (TPSA) is 111 Å². The third kappa shape index (κ3) is 4.66. The predicted octanol–water partition coefficient (Wildman–Crippen LogP) is 3.43. The van der Waals surface area contributed by atoms with Crippen LogP contribution in [0.4, 0.5) is 24.7 Å². The molecule has 0 aliphatic carbocycles. The molecule has 11 heteroatoms. The third-order valence-corrected chi connectivity index (χ3v) is 4.98. The highest BCUT2D eigenvalue weighted by molar-refractivity contribution is 6.00. The number of hydrogen-bond acceptors (Lipinski definition) is 5. The van der Waals surface area contributed by atoms with Crippen LogP contribution in [0.3, 0.4) is 0 Å². The Kier molecular flexibility index (Phi) is 5.54. The fraction of sp³-hybridized carbons (Fsp3) is 0.136. The Hall–Kier alpha value is -4.28. The first-order chi connectivity index (χ1) is 15.6. The van der Waals surface area contributed by atoms with E-state index in [0.29, 0.717) is 29.8 Å². The van der Waals surface area contributed by atoms with Gasteiger partial charge in [-0.2, -0.15) is 5.10 Å². The van der Waals surface area contributed by atoms with E-state index >= 15 is 0 Å². The molecule has 2 aromatic carbocycles. The number of carbonyl (C=O) groups is 2. The number of halogens is 3. The van der Waals surface area contributed by atoms with E-state index < -0.39 is 18.0 Å². The van der Waals surface area contributed by atoms with E-state index in [-0.39, 0.29) is 17.4 Å². The van der Waals surface area contributed by atoms with Crippen molar-refractivity contribution >= 4 is 23.3 Å². The average molecular weight is 457 g/mol. The van der Waals surface area contributed by atoms with Crippen molar-refractivity contribution < 1.29 is 27.5 Å². The van der Waals surface area contributed by atoms with E-state index in [1.165, 1.54) is 16.8 Å². The second kappa shape index (κ2) is 8.34. The molecule has 0 bridgehead atoms. The van der Waals surface area contributed by atoms with Crippen LogP contribution in [-0.2, 0) is 11.2 Å². The molecule has 4 rings (SSSR count). The van der Waals surface area contributed by atoms with Gasteiger partial charge >= 0.3 is 6.36 Å². The van der Waals surface area contributed by atoms with Crippen molar-refractivity contribution in [1.29, 1.82) is 0 Å². The molecule has 1 aliphatic heterocycles. The number of nitrogen functional groups attached to an aromatic ring is 1. The molecule has 0 atom stereocenters. The van der Waals surface area contributed by atoms with Crippen molar-refractivity contribution in [1.82, 2.24) is 15.1 Å². The number of benzene rings is 2. The summed E-state index contributed by atoms with van der Waals surface area (Å²) in [6, 6.07) is 9.01. The maximum absolute atomic E-state index is 12.7. The summed E-state index contributed by atoms with van der Waals surface area (Å²) >= 11 is 0. The SMILES string of the molecule is C=CC(=O)Nc1cc(-n2cc(-c3ccc4c(c3)CCNC4=O)c(N)n2)ccc1OC(F)(F)F. The Bertz CT molecular complexity index is 1270. The van der Waals surface area contributed by atoms with Crippen LogP contribution in [0.5, 0.6) is 5.75 Å². The number of amides is 2. The zero-order valence-corrected chi connectivity index (χ0v) is 17.1. The second-order valence-electron chi connectivity index (χ2n) is 7.17. The van der Waals surface area contributed by atoms with Crippen LogP contribution in [0.2, 0.25) is 0 Å². The highest BCUT2D eigenvalue weighted by Gasteiger charge is 2.32. The van der Waals surface area contributed by atoms with Crippen LogP contribution in [0.1, 0.15) is 15.9 Å². The van der Waals surface area contributed by atoms with Crippen molar-refractivity contribution in [2.24, 2.45) is 0 Å². The molecule has 0 saturated heterocycles. The monoisotopic (exact) mass is 457 g/mol. The van der Waals surface area contributed by atoms with Crippen molar-refractivity contribution in [3.63, 3.8) is 0 Å². The first-order valence-electron chi connectivity index (χ1n) is 9.75. The Labute approximate surface area is 185 Å². The minimum absolute atomic E-state index is 0.137. The van der Waals surface area contributed by atoms with E-state index in [1.807, 2.05) is 6.07 Å². The molecule has 8 nitrogen and oxygen atoms in total. The van der Waals surface area contributed by atoms with Gasteiger partial charge in [-0.05, 0) is 47.9 Å². The minimum Gasteiger partial charge on any atom is -0.404 e. The van der Waals surface area contributed by atoms with Gasteiger partial charge in [-0.3, -0.25) is 9.59 Å². The zero-order valence-electron chi connectivity index (χ0n) is 17.1. The van der Waals surface area contributed by atoms with Gasteiger partial charge in [0.1, 0.15) is 0 Å². The summed E-state index contributed by atoms with van der Waals surface area (Å²) in [7, 11) is 0. The van der Waals surface area contributed by atoms with Gasteiger partial charge in [-0.15, -0.1) is 13.2 Å². The molecule has 1 aromatic heterocycles. The van der Waals surface area contributed by atoms with Gasteiger partial charge in [0.15, 0.2) is 11.6 Å². The number of nitrogens with zero attached hydrogens (tertiary/aromatic N) is 2. The molecule has 0 fully saturated rings. The number of nitrogens with one attached hydrogen (secondary N) is 2. The van der Waals surface area contributed by atoms with Gasteiger partial charge in [0.05, 0.1) is 11.4 Å². The maximum atomic E-state index is 12.7. The molecular formula is C22H18F3N5O3. The molecule has 170 valence electrons. The lowest BCUT2D eigenvalue weighted by molar-refractivity contribution is -0.274. The summed E-state index contributed by atoms with van der Waals surface area (Å²) < 4.78 is 43.6. The maximum Gasteiger partial charge on any atom is 0.573 e. The Morgan fingerprint density at radius 2 is 2.03 bits per heavy atom. The molecule has 0 saturated carbocycles. The Balaban J connectivity index is 1.71. The van der Waals surface area contributed by atoms with Crippen LogP contribution in [0, 0.1) is 0 Å². The number of ether oxygens (including phenoxy) is 1. The molecule has 0 spiro atoms. The first-order valence-corrected chi connectivity index (χ1v) is 9.75. The summed E-state index contributed by atoms with van der Waals surface area (Å²) in [6.07, 6.45) is -1.74. The summed E-state index contributed by atoms with van der Waals surface area (Å²) in [4.78, 5) is 23.7. The molecular weight excluding hydrogens is 439 g/mol. The van der Waals surface area contributed by atoms with Gasteiger partial charge in [0.2, 0.25) is 5.91 Å². The highest BCUT2D eigenvalue weighted by Crippen LogP contribution is 2.34. The number of alkyl halides is 3. The molecule has 1 aliphatic rings. The first kappa shape index (κ1) is 21.9. The smallest absolute Gasteiger partial charge is 0.404 e. The number of rotatable bonds is 5. The molecule has 2 heterocycles. The summed E-state index contributed by atoms with van der Waals surface area (Å²) in [5.74, 6) is -1.25. The summed E-state index contributed by atoms with van der Waals surface area (Å²) in [5.41, 5.74) is 9.01. The largest absolute Gasteiger partial charge is 0.573 e. The van der Waals surface area contributed by atoms with Crippen LogP contribution >= 0.6 is 0 Å². The number of nitrogens with two attached hydrogens (primary N) is 1. The second-order valence-corrected chi connectivity index (χ2v) is 7.17. The van der Waals surface area contributed by atoms with E-state index in [2.05, 4.69) is 27.0 Å². The van der Waals surface area contributed by atoms with Crippen molar-refractivity contribution in [2.45, 2.75) is 12.8 Å². The van der Waals surface area contributed by atoms with Crippen molar-refractivity contribution in [3.05, 3.63) is 66.4 Å². The normalized spacial score (nSPS) is 13.1. The average Bonchev–Trinajstić information content (AvgIpc) is 3.15. The Morgan fingerprint density at radius 1 is 1.24 bits per heavy atom. The molecule has 0 radical (unpaired) electrons. The van der Waals surface area contributed by atoms with E-state index in [0.717, 1.165) is 23.3 Å². The van der Waals surface area contributed by atoms with Gasteiger partial charge in [0.25, 0.3) is 5.91 Å². The summed E-state index contributed by atoms with van der Waals surface area (Å²) in [6.45, 7) is 3.83. The number of aromatic nitrogens is 2. The number of fused-ring (bicyclic) bond motifs is 1. The van der Waals surface area contributed by atoms with Gasteiger partial charge < -0.3 is 21.1 Å². The van der Waals surface area contributed by atoms with Gasteiger partial charge in [0, 0.05) is 23.9 Å². The molecule has 3 aromatic rings. The number of carbonyl (C=O) groups excluding carboxylic acids is 2. The molecule has 2 amide bonds. The van der Waals surface area contributed by atoms with Crippen molar-refractivity contribution in [3.8, 4) is 22.6 Å². The van der Waals surface area contributed by atoms with Crippen LogP contribution in [0.25, 0.3) is 16.8 Å². The molecule has 4 N–H and O–H groups in total. The fourth-order valence-corrected chi connectivity index (χ4v) is 3.49. The van der Waals surface area contributed by atoms with E-state index in [1.54, 1.807) is 18.3 Å². The van der Waals surface area contributed by atoms with E-state index in [4.69, 9.17) is 5.73 Å². The standard InChI is InChI=1S/C22H18F3N5O3/c1-2-19(31)28-17-10-14(4-6-18(17)33-22(23,24)25)30-11-16(20(26)29-30)12-3-5-15-13(9-12)7-8-27-21(15)32/h2-6,9-11H,1,7-8H2,(H2,26,29)(H,27,32)(H,28,31). The van der Waals surface area contributed by atoms with Gasteiger partial charge in [-0.25, -0.2) is 4.68 Å². The lowest BCUT2D eigenvalue weighted by atomic mass is 9.96. The number of anilines is 2.